The Morgan fingerprint density at radius 3 is 2.90 bits per heavy atom. The standard InChI is InChI=1S/C26H30FNO3/c1-18-7-9-21(31-22-11-14-28(17-22)13-4-12-27)16-25(18)24-6-3-2-5-19-15-20(26(29)30)8-10-23(19)24/h6-10,15-16,22H,2-5,11-14,17H2,1H3,(H,29,30). The van der Waals surface area contributed by atoms with E-state index in [0.29, 0.717) is 12.0 Å². The van der Waals surface area contributed by atoms with Crippen LogP contribution in [0.3, 0.4) is 0 Å². The van der Waals surface area contributed by atoms with E-state index in [1.165, 1.54) is 5.56 Å². The number of aryl methyl sites for hydroxylation is 2. The molecular weight excluding hydrogens is 393 g/mol. The summed E-state index contributed by atoms with van der Waals surface area (Å²) >= 11 is 0. The summed E-state index contributed by atoms with van der Waals surface area (Å²) in [5, 5.41) is 9.37. The van der Waals surface area contributed by atoms with E-state index < -0.39 is 5.97 Å². The highest BCUT2D eigenvalue weighted by Gasteiger charge is 2.24. The molecule has 2 aliphatic rings. The first-order valence-corrected chi connectivity index (χ1v) is 11.2. The first kappa shape index (κ1) is 21.6. The molecule has 1 aliphatic heterocycles. The average Bonchev–Trinajstić information content (AvgIpc) is 3.10. The number of halogens is 1. The SMILES string of the molecule is Cc1ccc(OC2CCN(CCCF)C2)cc1C1=CCCCc2cc(C(=O)O)ccc21. The average molecular weight is 424 g/mol. The van der Waals surface area contributed by atoms with Crippen molar-refractivity contribution in [3.8, 4) is 5.75 Å². The number of hydrogen-bond acceptors (Lipinski definition) is 3. The maximum absolute atomic E-state index is 12.5. The van der Waals surface area contributed by atoms with Gasteiger partial charge in [0.05, 0.1) is 12.2 Å². The lowest BCUT2D eigenvalue weighted by atomic mass is 9.90. The van der Waals surface area contributed by atoms with Crippen molar-refractivity contribution in [3.63, 3.8) is 0 Å². The van der Waals surface area contributed by atoms with E-state index in [2.05, 4.69) is 30.0 Å². The molecule has 31 heavy (non-hydrogen) atoms. The highest BCUT2D eigenvalue weighted by Crippen LogP contribution is 2.35. The highest BCUT2D eigenvalue weighted by molar-refractivity contribution is 5.90. The Balaban J connectivity index is 1.58. The van der Waals surface area contributed by atoms with E-state index in [-0.39, 0.29) is 12.8 Å². The molecule has 1 N–H and O–H groups in total. The van der Waals surface area contributed by atoms with Gasteiger partial charge in [0.25, 0.3) is 0 Å². The zero-order valence-corrected chi connectivity index (χ0v) is 18.1. The smallest absolute Gasteiger partial charge is 0.335 e. The van der Waals surface area contributed by atoms with Crippen LogP contribution in [0.25, 0.3) is 5.57 Å². The number of carboxylic acid groups (broad SMARTS) is 1. The predicted octanol–water partition coefficient (Wildman–Crippen LogP) is 5.27. The number of allylic oxidation sites excluding steroid dienone is 1. The van der Waals surface area contributed by atoms with Gasteiger partial charge >= 0.3 is 5.97 Å². The predicted molar refractivity (Wildman–Crippen MR) is 121 cm³/mol. The van der Waals surface area contributed by atoms with Crippen molar-refractivity contribution >= 4 is 11.5 Å². The van der Waals surface area contributed by atoms with Gasteiger partial charge in [-0.1, -0.05) is 18.2 Å². The summed E-state index contributed by atoms with van der Waals surface area (Å²) in [5.74, 6) is -0.0342. The number of nitrogens with zero attached hydrogens (tertiary/aromatic N) is 1. The fraction of sp³-hybridized carbons (Fsp3) is 0.423. The van der Waals surface area contributed by atoms with E-state index in [4.69, 9.17) is 4.74 Å². The van der Waals surface area contributed by atoms with Crippen molar-refractivity contribution < 1.29 is 19.0 Å². The Morgan fingerprint density at radius 2 is 2.10 bits per heavy atom. The molecule has 2 aromatic rings. The molecule has 1 aliphatic carbocycles. The van der Waals surface area contributed by atoms with Gasteiger partial charge < -0.3 is 9.84 Å². The maximum atomic E-state index is 12.5. The molecule has 2 aromatic carbocycles. The summed E-state index contributed by atoms with van der Waals surface area (Å²) in [5.41, 5.74) is 6.01. The van der Waals surface area contributed by atoms with Crippen molar-refractivity contribution in [2.75, 3.05) is 26.3 Å². The van der Waals surface area contributed by atoms with E-state index in [9.17, 15) is 14.3 Å². The van der Waals surface area contributed by atoms with Crippen LogP contribution in [0.2, 0.25) is 0 Å². The quantitative estimate of drug-likeness (QED) is 0.659. The lowest BCUT2D eigenvalue weighted by molar-refractivity contribution is 0.0696. The third kappa shape index (κ3) is 4.99. The Bertz CT molecular complexity index is 985. The van der Waals surface area contributed by atoms with Gasteiger partial charge in [-0.15, -0.1) is 0 Å². The summed E-state index contributed by atoms with van der Waals surface area (Å²) in [6.45, 7) is 4.41. The van der Waals surface area contributed by atoms with Crippen LogP contribution in [0.5, 0.6) is 5.75 Å². The lowest BCUT2D eigenvalue weighted by Gasteiger charge is -2.19. The third-order valence-corrected chi connectivity index (χ3v) is 6.28. The van der Waals surface area contributed by atoms with E-state index in [1.807, 2.05) is 18.2 Å². The number of benzene rings is 2. The lowest BCUT2D eigenvalue weighted by Crippen LogP contribution is -2.26. The number of hydrogen-bond donors (Lipinski definition) is 1. The molecule has 164 valence electrons. The van der Waals surface area contributed by atoms with Gasteiger partial charge in [-0.25, -0.2) is 4.79 Å². The van der Waals surface area contributed by atoms with Crippen molar-refractivity contribution in [3.05, 3.63) is 70.3 Å². The summed E-state index contributed by atoms with van der Waals surface area (Å²) in [6, 6.07) is 11.7. The van der Waals surface area contributed by atoms with Crippen molar-refractivity contribution in [1.29, 1.82) is 0 Å². The number of likely N-dealkylation sites (tertiary alicyclic amines) is 1. The molecule has 1 fully saturated rings. The Hall–Kier alpha value is -2.66. The second kappa shape index (κ2) is 9.65. The fourth-order valence-electron chi connectivity index (χ4n) is 4.64. The van der Waals surface area contributed by atoms with Crippen LogP contribution >= 0.6 is 0 Å². The van der Waals surface area contributed by atoms with E-state index in [1.54, 1.807) is 6.07 Å². The molecule has 0 spiro atoms. The maximum Gasteiger partial charge on any atom is 0.335 e. The van der Waals surface area contributed by atoms with Gasteiger partial charge in [-0.2, -0.15) is 0 Å². The van der Waals surface area contributed by atoms with Gasteiger partial charge in [0.15, 0.2) is 0 Å². The third-order valence-electron chi connectivity index (χ3n) is 6.28. The minimum Gasteiger partial charge on any atom is -0.489 e. The van der Waals surface area contributed by atoms with Crippen molar-refractivity contribution in [2.45, 2.75) is 45.1 Å². The van der Waals surface area contributed by atoms with Gasteiger partial charge in [-0.05, 0) is 91.1 Å². The van der Waals surface area contributed by atoms with Crippen LogP contribution in [0.1, 0.15) is 58.3 Å². The molecule has 4 rings (SSSR count). The number of alkyl halides is 1. The molecule has 4 nitrogen and oxygen atoms in total. The van der Waals surface area contributed by atoms with Gasteiger partial charge in [0.1, 0.15) is 11.9 Å². The van der Waals surface area contributed by atoms with Crippen molar-refractivity contribution in [1.82, 2.24) is 4.90 Å². The van der Waals surface area contributed by atoms with Crippen LogP contribution in [-0.2, 0) is 6.42 Å². The molecule has 1 saturated heterocycles. The number of ether oxygens (including phenoxy) is 1. The van der Waals surface area contributed by atoms with Crippen LogP contribution in [0.4, 0.5) is 4.39 Å². The summed E-state index contributed by atoms with van der Waals surface area (Å²) in [4.78, 5) is 13.7. The molecule has 1 unspecified atom stereocenters. The van der Waals surface area contributed by atoms with Gasteiger partial charge in [0, 0.05) is 19.6 Å². The molecule has 0 saturated carbocycles. The summed E-state index contributed by atoms with van der Waals surface area (Å²) in [7, 11) is 0. The topological polar surface area (TPSA) is 49.8 Å². The Kier molecular flexibility index (Phi) is 6.71. The highest BCUT2D eigenvalue weighted by atomic mass is 19.1. The first-order chi connectivity index (χ1) is 15.0. The normalized spacial score (nSPS) is 18.9. The monoisotopic (exact) mass is 423 g/mol. The fourth-order valence-corrected chi connectivity index (χ4v) is 4.64. The molecule has 1 heterocycles. The molecular formula is C26H30FNO3. The first-order valence-electron chi connectivity index (χ1n) is 11.2. The number of carbonyl (C=O) groups is 1. The number of fused-ring (bicyclic) bond motifs is 1. The van der Waals surface area contributed by atoms with Crippen LogP contribution in [0, 0.1) is 6.92 Å². The number of aromatic carboxylic acids is 1. The molecule has 0 amide bonds. The van der Waals surface area contributed by atoms with E-state index >= 15 is 0 Å². The summed E-state index contributed by atoms with van der Waals surface area (Å²) in [6.07, 6.45) is 6.78. The molecule has 5 heteroatoms. The van der Waals surface area contributed by atoms with Gasteiger partial charge in [0.2, 0.25) is 0 Å². The number of carboxylic acids is 1. The van der Waals surface area contributed by atoms with E-state index in [0.717, 1.165) is 73.3 Å². The molecule has 0 radical (unpaired) electrons. The minimum atomic E-state index is -0.888. The van der Waals surface area contributed by atoms with Crippen LogP contribution in [-0.4, -0.2) is 48.4 Å². The zero-order chi connectivity index (χ0) is 21.8. The Morgan fingerprint density at radius 1 is 1.23 bits per heavy atom. The van der Waals surface area contributed by atoms with Gasteiger partial charge in [-0.3, -0.25) is 9.29 Å². The van der Waals surface area contributed by atoms with Crippen LogP contribution < -0.4 is 4.74 Å². The molecule has 1 atom stereocenters. The Labute approximate surface area is 183 Å². The second-order valence-corrected chi connectivity index (χ2v) is 8.54. The minimum absolute atomic E-state index is 0.128. The molecule has 0 aromatic heterocycles. The second-order valence-electron chi connectivity index (χ2n) is 8.54. The van der Waals surface area contributed by atoms with Crippen molar-refractivity contribution in [2.24, 2.45) is 0 Å². The van der Waals surface area contributed by atoms with Crippen LogP contribution in [0.15, 0.2) is 42.5 Å². The number of rotatable bonds is 7. The largest absolute Gasteiger partial charge is 0.489 e. The molecule has 0 bridgehead atoms. The zero-order valence-electron chi connectivity index (χ0n) is 18.1. The summed E-state index contributed by atoms with van der Waals surface area (Å²) < 4.78 is 18.8.